The number of hydrogen-bond donors (Lipinski definition) is 0. The third-order valence-corrected chi connectivity index (χ3v) is 3.25. The van der Waals surface area contributed by atoms with E-state index in [-0.39, 0.29) is 17.1 Å². The van der Waals surface area contributed by atoms with Crippen molar-refractivity contribution in [3.05, 3.63) is 63.0 Å². The van der Waals surface area contributed by atoms with Crippen LogP contribution in [0.3, 0.4) is 0 Å². The van der Waals surface area contributed by atoms with Gasteiger partial charge in [0, 0.05) is 9.13 Å². The number of halogens is 2. The van der Waals surface area contributed by atoms with Crippen molar-refractivity contribution in [1.29, 1.82) is 0 Å². The lowest BCUT2D eigenvalue weighted by atomic mass is 10.0. The zero-order valence-corrected chi connectivity index (χ0v) is 11.8. The lowest BCUT2D eigenvalue weighted by Crippen LogP contribution is -2.06. The van der Waals surface area contributed by atoms with Crippen LogP contribution in [0.2, 0.25) is 0 Å². The van der Waals surface area contributed by atoms with Crippen LogP contribution >= 0.6 is 22.6 Å². The molecule has 18 heavy (non-hydrogen) atoms. The van der Waals surface area contributed by atoms with E-state index in [1.807, 2.05) is 0 Å². The summed E-state index contributed by atoms with van der Waals surface area (Å²) in [6.07, 6.45) is 0. The van der Waals surface area contributed by atoms with E-state index in [0.717, 1.165) is 3.57 Å². The minimum atomic E-state index is -0.571. The largest absolute Gasteiger partial charge is 0.496 e. The molecular formula is C14H10FIO2. The maximum absolute atomic E-state index is 13.8. The molecule has 0 aromatic heterocycles. The molecule has 0 N–H and O–H groups in total. The molecule has 0 saturated heterocycles. The van der Waals surface area contributed by atoms with Gasteiger partial charge in [-0.25, -0.2) is 4.39 Å². The summed E-state index contributed by atoms with van der Waals surface area (Å²) in [5.74, 6) is -0.696. The van der Waals surface area contributed by atoms with Crippen LogP contribution in [0.4, 0.5) is 4.39 Å². The van der Waals surface area contributed by atoms with Crippen LogP contribution in [0.1, 0.15) is 15.9 Å². The molecule has 0 radical (unpaired) electrons. The minimum Gasteiger partial charge on any atom is -0.496 e. The molecule has 0 aliphatic heterocycles. The molecule has 0 heterocycles. The molecule has 0 atom stereocenters. The van der Waals surface area contributed by atoms with E-state index in [0.29, 0.717) is 5.56 Å². The van der Waals surface area contributed by atoms with E-state index in [1.165, 1.54) is 19.2 Å². The van der Waals surface area contributed by atoms with E-state index in [4.69, 9.17) is 4.74 Å². The molecule has 0 amide bonds. The number of carbonyl (C=O) groups is 1. The van der Waals surface area contributed by atoms with Crippen molar-refractivity contribution in [3.63, 3.8) is 0 Å². The van der Waals surface area contributed by atoms with Gasteiger partial charge < -0.3 is 4.74 Å². The zero-order chi connectivity index (χ0) is 13.1. The predicted octanol–water partition coefficient (Wildman–Crippen LogP) is 3.67. The molecule has 4 heteroatoms. The number of rotatable bonds is 3. The fourth-order valence-electron chi connectivity index (χ4n) is 1.64. The van der Waals surface area contributed by atoms with Crippen LogP contribution in [0, 0.1) is 9.39 Å². The molecule has 0 aliphatic carbocycles. The minimum absolute atomic E-state index is 0.0267. The fourth-order valence-corrected chi connectivity index (χ4v) is 2.00. The highest BCUT2D eigenvalue weighted by Crippen LogP contribution is 2.24. The van der Waals surface area contributed by atoms with Gasteiger partial charge in [-0.2, -0.15) is 0 Å². The molecule has 2 rings (SSSR count). The molecule has 92 valence electrons. The second-order valence-electron chi connectivity index (χ2n) is 3.65. The first kappa shape index (κ1) is 13.0. The lowest BCUT2D eigenvalue weighted by molar-refractivity contribution is 0.103. The maximum Gasteiger partial charge on any atom is 0.199 e. The third kappa shape index (κ3) is 2.53. The Morgan fingerprint density at radius 1 is 1.17 bits per heavy atom. The summed E-state index contributed by atoms with van der Waals surface area (Å²) < 4.78 is 19.8. The Balaban J connectivity index is 2.49. The average molecular weight is 356 g/mol. The van der Waals surface area contributed by atoms with Crippen LogP contribution in [0.15, 0.2) is 42.5 Å². The third-order valence-electron chi connectivity index (χ3n) is 2.53. The molecule has 0 spiro atoms. The summed E-state index contributed by atoms with van der Waals surface area (Å²) in [7, 11) is 1.42. The fraction of sp³-hybridized carbons (Fsp3) is 0.0714. The molecule has 2 aromatic rings. The van der Waals surface area contributed by atoms with Crippen molar-refractivity contribution in [2.75, 3.05) is 7.11 Å². The normalized spacial score (nSPS) is 10.2. The molecule has 2 aromatic carbocycles. The first-order chi connectivity index (χ1) is 8.63. The summed E-state index contributed by atoms with van der Waals surface area (Å²) in [6.45, 7) is 0. The van der Waals surface area contributed by atoms with Gasteiger partial charge in [-0.05, 0) is 59.0 Å². The van der Waals surface area contributed by atoms with Gasteiger partial charge in [0.05, 0.1) is 7.11 Å². The van der Waals surface area contributed by atoms with Gasteiger partial charge in [0.2, 0.25) is 0 Å². The summed E-state index contributed by atoms with van der Waals surface area (Å²) in [4.78, 5) is 12.2. The summed E-state index contributed by atoms with van der Waals surface area (Å²) in [5, 5.41) is 0. The predicted molar refractivity (Wildman–Crippen MR) is 75.5 cm³/mol. The monoisotopic (exact) mass is 356 g/mol. The SMILES string of the molecule is COc1cccc(F)c1C(=O)c1ccc(I)cc1. The first-order valence-electron chi connectivity index (χ1n) is 5.26. The van der Waals surface area contributed by atoms with Crippen LogP contribution in [0.5, 0.6) is 5.75 Å². The van der Waals surface area contributed by atoms with Crippen LogP contribution in [-0.4, -0.2) is 12.9 Å². The first-order valence-corrected chi connectivity index (χ1v) is 6.34. The quantitative estimate of drug-likeness (QED) is 0.620. The Hall–Kier alpha value is -1.43. The Kier molecular flexibility index (Phi) is 3.96. The van der Waals surface area contributed by atoms with Gasteiger partial charge >= 0.3 is 0 Å². The van der Waals surface area contributed by atoms with E-state index in [1.54, 1.807) is 30.3 Å². The van der Waals surface area contributed by atoms with Crippen LogP contribution < -0.4 is 4.74 Å². The topological polar surface area (TPSA) is 26.3 Å². The Bertz CT molecular complexity index is 579. The number of methoxy groups -OCH3 is 1. The molecule has 0 unspecified atom stereocenters. The Morgan fingerprint density at radius 2 is 1.83 bits per heavy atom. The molecule has 0 fully saturated rings. The summed E-state index contributed by atoms with van der Waals surface area (Å²) in [5.41, 5.74) is 0.417. The molecule has 0 aliphatic rings. The smallest absolute Gasteiger partial charge is 0.199 e. The van der Waals surface area contributed by atoms with Crippen molar-refractivity contribution < 1.29 is 13.9 Å². The van der Waals surface area contributed by atoms with Crippen molar-refractivity contribution in [2.45, 2.75) is 0 Å². The van der Waals surface area contributed by atoms with Crippen LogP contribution in [-0.2, 0) is 0 Å². The van der Waals surface area contributed by atoms with Gasteiger partial charge in [-0.3, -0.25) is 4.79 Å². The van der Waals surface area contributed by atoms with Gasteiger partial charge in [0.15, 0.2) is 5.78 Å². The highest BCUT2D eigenvalue weighted by Gasteiger charge is 2.18. The van der Waals surface area contributed by atoms with Gasteiger partial charge in [-0.1, -0.05) is 6.07 Å². The van der Waals surface area contributed by atoms with E-state index in [9.17, 15) is 9.18 Å². The van der Waals surface area contributed by atoms with Crippen molar-refractivity contribution in [2.24, 2.45) is 0 Å². The lowest BCUT2D eigenvalue weighted by Gasteiger charge is -2.08. The summed E-state index contributed by atoms with van der Waals surface area (Å²) >= 11 is 2.15. The van der Waals surface area contributed by atoms with Crippen LogP contribution in [0.25, 0.3) is 0 Å². The number of ketones is 1. The molecule has 0 bridgehead atoms. The van der Waals surface area contributed by atoms with E-state index in [2.05, 4.69) is 22.6 Å². The van der Waals surface area contributed by atoms with Crippen molar-refractivity contribution in [3.8, 4) is 5.75 Å². The van der Waals surface area contributed by atoms with Crippen molar-refractivity contribution >= 4 is 28.4 Å². The summed E-state index contributed by atoms with van der Waals surface area (Å²) in [6, 6.07) is 11.3. The van der Waals surface area contributed by atoms with Gasteiger partial charge in [0.1, 0.15) is 17.1 Å². The maximum atomic E-state index is 13.8. The molecule has 0 saturated carbocycles. The van der Waals surface area contributed by atoms with Crippen molar-refractivity contribution in [1.82, 2.24) is 0 Å². The number of benzene rings is 2. The second-order valence-corrected chi connectivity index (χ2v) is 4.90. The highest BCUT2D eigenvalue weighted by atomic mass is 127. The Labute approximate surface area is 118 Å². The van der Waals surface area contributed by atoms with Gasteiger partial charge in [0.25, 0.3) is 0 Å². The number of ether oxygens (including phenoxy) is 1. The Morgan fingerprint density at radius 3 is 2.44 bits per heavy atom. The van der Waals surface area contributed by atoms with Gasteiger partial charge in [-0.15, -0.1) is 0 Å². The van der Waals surface area contributed by atoms with E-state index >= 15 is 0 Å². The number of carbonyl (C=O) groups excluding carboxylic acids is 1. The van der Waals surface area contributed by atoms with E-state index < -0.39 is 5.82 Å². The average Bonchev–Trinajstić information content (AvgIpc) is 2.38. The zero-order valence-electron chi connectivity index (χ0n) is 9.61. The second kappa shape index (κ2) is 5.48. The number of hydrogen-bond acceptors (Lipinski definition) is 2. The highest BCUT2D eigenvalue weighted by molar-refractivity contribution is 14.1. The molecule has 2 nitrogen and oxygen atoms in total. The standard InChI is InChI=1S/C14H10FIO2/c1-18-12-4-2-3-11(15)13(12)14(17)9-5-7-10(16)8-6-9/h2-8H,1H3. The molecular weight excluding hydrogens is 346 g/mol.